The van der Waals surface area contributed by atoms with E-state index >= 15 is 0 Å². The zero-order chi connectivity index (χ0) is 14.4. The van der Waals surface area contributed by atoms with Crippen molar-refractivity contribution >= 4 is 33.0 Å². The largest absolute Gasteiger partial charge is 0.245 e. The van der Waals surface area contributed by atoms with Gasteiger partial charge in [0.05, 0.1) is 18.1 Å². The van der Waals surface area contributed by atoms with Gasteiger partial charge in [0, 0.05) is 10.8 Å². The molecule has 0 N–H and O–H groups in total. The van der Waals surface area contributed by atoms with Crippen LogP contribution in [0.15, 0.2) is 46.0 Å². The molecular weight excluding hydrogens is 321 g/mol. The second-order valence-electron chi connectivity index (χ2n) is 4.69. The summed E-state index contributed by atoms with van der Waals surface area (Å²) in [5.74, 6) is 0. The maximum Gasteiger partial charge on any atom is 0.245 e. The Morgan fingerprint density at radius 1 is 1.20 bits per heavy atom. The van der Waals surface area contributed by atoms with E-state index in [9.17, 15) is 12.8 Å². The second kappa shape index (κ2) is 4.80. The highest BCUT2D eigenvalue weighted by Gasteiger charge is 2.50. The van der Waals surface area contributed by atoms with E-state index in [1.165, 1.54) is 16.7 Å². The first-order valence-electron chi connectivity index (χ1n) is 5.90. The Labute approximate surface area is 125 Å². The number of rotatable bonds is 3. The van der Waals surface area contributed by atoms with E-state index < -0.39 is 15.7 Å². The van der Waals surface area contributed by atoms with Crippen molar-refractivity contribution < 1.29 is 12.8 Å². The minimum atomic E-state index is -3.70. The van der Waals surface area contributed by atoms with Gasteiger partial charge in [0.1, 0.15) is 4.90 Å². The SMILES string of the molecule is O=S(=O)(c1cscc1Cl)N1CC(F)(c2ccccc2)C1. The van der Waals surface area contributed by atoms with Gasteiger partial charge in [-0.2, -0.15) is 4.31 Å². The molecule has 0 saturated carbocycles. The molecule has 0 bridgehead atoms. The van der Waals surface area contributed by atoms with Crippen LogP contribution in [0.1, 0.15) is 5.56 Å². The van der Waals surface area contributed by atoms with Crippen LogP contribution in [0.25, 0.3) is 0 Å². The zero-order valence-corrected chi connectivity index (χ0v) is 12.7. The molecule has 20 heavy (non-hydrogen) atoms. The Kier molecular flexibility index (Phi) is 3.36. The number of nitrogens with zero attached hydrogens (tertiary/aromatic N) is 1. The quantitative estimate of drug-likeness (QED) is 0.865. The fourth-order valence-corrected chi connectivity index (χ4v) is 5.39. The molecule has 2 heterocycles. The summed E-state index contributed by atoms with van der Waals surface area (Å²) in [4.78, 5) is 0.0549. The van der Waals surface area contributed by atoms with Crippen molar-refractivity contribution in [1.29, 1.82) is 0 Å². The second-order valence-corrected chi connectivity index (χ2v) is 7.75. The highest BCUT2D eigenvalue weighted by atomic mass is 35.5. The summed E-state index contributed by atoms with van der Waals surface area (Å²) in [5, 5.41) is 3.21. The summed E-state index contributed by atoms with van der Waals surface area (Å²) in [6.07, 6.45) is 0. The molecule has 1 aliphatic heterocycles. The lowest BCUT2D eigenvalue weighted by Gasteiger charge is -2.43. The lowest BCUT2D eigenvalue weighted by molar-refractivity contribution is 0.0180. The number of benzene rings is 1. The number of thiophene rings is 1. The molecule has 1 fully saturated rings. The van der Waals surface area contributed by atoms with Crippen molar-refractivity contribution in [2.45, 2.75) is 10.6 Å². The normalized spacial score (nSPS) is 18.7. The van der Waals surface area contributed by atoms with Crippen molar-refractivity contribution in [2.75, 3.05) is 13.1 Å². The number of halogens is 2. The summed E-state index contributed by atoms with van der Waals surface area (Å²) < 4.78 is 40.3. The van der Waals surface area contributed by atoms with Crippen molar-refractivity contribution in [3.63, 3.8) is 0 Å². The molecule has 106 valence electrons. The third-order valence-corrected chi connectivity index (χ3v) is 6.62. The predicted molar refractivity (Wildman–Crippen MR) is 77.3 cm³/mol. The van der Waals surface area contributed by atoms with Crippen LogP contribution < -0.4 is 0 Å². The Morgan fingerprint density at radius 3 is 2.40 bits per heavy atom. The summed E-state index contributed by atoms with van der Waals surface area (Å²) in [7, 11) is -3.70. The summed E-state index contributed by atoms with van der Waals surface area (Å²) in [6, 6.07) is 8.61. The summed E-state index contributed by atoms with van der Waals surface area (Å²) in [5.41, 5.74) is -1.11. The van der Waals surface area contributed by atoms with Crippen molar-refractivity contribution in [2.24, 2.45) is 0 Å². The van der Waals surface area contributed by atoms with E-state index in [1.807, 2.05) is 0 Å². The topological polar surface area (TPSA) is 37.4 Å². The maximum atomic E-state index is 14.6. The maximum absolute atomic E-state index is 14.6. The van der Waals surface area contributed by atoms with E-state index in [1.54, 1.807) is 35.7 Å². The highest BCUT2D eigenvalue weighted by Crippen LogP contribution is 2.40. The molecule has 1 aliphatic rings. The van der Waals surface area contributed by atoms with Crippen LogP contribution in [0, 0.1) is 0 Å². The molecule has 2 aromatic rings. The first-order valence-corrected chi connectivity index (χ1v) is 8.66. The smallest absolute Gasteiger partial charge is 0.236 e. The van der Waals surface area contributed by atoms with E-state index in [4.69, 9.17) is 11.6 Å². The van der Waals surface area contributed by atoms with E-state index in [-0.39, 0.29) is 23.0 Å². The molecule has 0 atom stereocenters. The molecule has 1 saturated heterocycles. The Balaban J connectivity index is 1.83. The lowest BCUT2D eigenvalue weighted by atomic mass is 9.90. The van der Waals surface area contributed by atoms with Gasteiger partial charge in [0.25, 0.3) is 0 Å². The van der Waals surface area contributed by atoms with Gasteiger partial charge in [-0.1, -0.05) is 41.9 Å². The highest BCUT2D eigenvalue weighted by molar-refractivity contribution is 7.89. The van der Waals surface area contributed by atoms with Crippen molar-refractivity contribution in [3.8, 4) is 0 Å². The molecule has 1 aromatic carbocycles. The molecule has 0 aliphatic carbocycles. The fraction of sp³-hybridized carbons (Fsp3) is 0.231. The van der Waals surface area contributed by atoms with Crippen LogP contribution in [-0.4, -0.2) is 25.8 Å². The van der Waals surface area contributed by atoms with Crippen molar-refractivity contribution in [1.82, 2.24) is 4.31 Å². The molecule has 7 heteroatoms. The van der Waals surface area contributed by atoms with Gasteiger partial charge in [-0.3, -0.25) is 0 Å². The number of hydrogen-bond acceptors (Lipinski definition) is 3. The average molecular weight is 332 g/mol. The number of sulfonamides is 1. The van der Waals surface area contributed by atoms with E-state index in [2.05, 4.69) is 0 Å². The van der Waals surface area contributed by atoms with Gasteiger partial charge >= 0.3 is 0 Å². The first kappa shape index (κ1) is 14.0. The molecule has 0 unspecified atom stereocenters. The van der Waals surface area contributed by atoms with E-state index in [0.29, 0.717) is 5.56 Å². The summed E-state index contributed by atoms with van der Waals surface area (Å²) in [6.45, 7) is -0.350. The molecule has 0 amide bonds. The third-order valence-electron chi connectivity index (χ3n) is 3.34. The van der Waals surface area contributed by atoms with Crippen molar-refractivity contribution in [3.05, 3.63) is 51.7 Å². The molecular formula is C13H11ClFNO2S2. The van der Waals surface area contributed by atoms with Gasteiger partial charge in [0.2, 0.25) is 10.0 Å². The Morgan fingerprint density at radius 2 is 1.85 bits per heavy atom. The standard InChI is InChI=1S/C13H11ClFNO2S2/c14-11-6-19-7-12(11)20(17,18)16-8-13(15,9-16)10-4-2-1-3-5-10/h1-7H,8-9H2. The average Bonchev–Trinajstić information content (AvgIpc) is 2.83. The minimum Gasteiger partial charge on any atom is -0.236 e. The molecule has 3 rings (SSSR count). The van der Waals surface area contributed by atoms with Crippen LogP contribution in [-0.2, 0) is 15.7 Å². The van der Waals surface area contributed by atoms with Crippen LogP contribution in [0.2, 0.25) is 5.02 Å². The predicted octanol–water partition coefficient (Wildman–Crippen LogP) is 3.27. The fourth-order valence-electron chi connectivity index (χ4n) is 2.20. The summed E-state index contributed by atoms with van der Waals surface area (Å²) >= 11 is 7.06. The number of alkyl halides is 1. The monoisotopic (exact) mass is 331 g/mol. The molecule has 1 aromatic heterocycles. The van der Waals surface area contributed by atoms with Gasteiger partial charge in [-0.15, -0.1) is 11.3 Å². The first-order chi connectivity index (χ1) is 9.43. The van der Waals surface area contributed by atoms with Crippen LogP contribution >= 0.6 is 22.9 Å². The number of hydrogen-bond donors (Lipinski definition) is 0. The van der Waals surface area contributed by atoms with E-state index in [0.717, 1.165) is 4.31 Å². The Bertz CT molecular complexity index is 724. The van der Waals surface area contributed by atoms with Gasteiger partial charge in [-0.05, 0) is 5.56 Å². The van der Waals surface area contributed by atoms with Gasteiger partial charge in [-0.25, -0.2) is 12.8 Å². The molecule has 0 spiro atoms. The zero-order valence-electron chi connectivity index (χ0n) is 10.3. The lowest BCUT2D eigenvalue weighted by Crippen LogP contribution is -2.58. The van der Waals surface area contributed by atoms with Gasteiger partial charge in [0.15, 0.2) is 5.67 Å². The minimum absolute atomic E-state index is 0.0549. The van der Waals surface area contributed by atoms with Gasteiger partial charge < -0.3 is 0 Å². The van der Waals surface area contributed by atoms with Crippen LogP contribution in [0.5, 0.6) is 0 Å². The van der Waals surface area contributed by atoms with Crippen LogP contribution in [0.4, 0.5) is 4.39 Å². The molecule has 0 radical (unpaired) electrons. The third kappa shape index (κ3) is 2.16. The van der Waals surface area contributed by atoms with Crippen LogP contribution in [0.3, 0.4) is 0 Å². The Hall–Kier alpha value is -0.950. The molecule has 3 nitrogen and oxygen atoms in total.